The normalized spacial score (nSPS) is 17.1. The van der Waals surface area contributed by atoms with Gasteiger partial charge in [-0.3, -0.25) is 9.59 Å². The van der Waals surface area contributed by atoms with E-state index in [9.17, 15) is 9.59 Å². The maximum Gasteiger partial charge on any atom is 0.312 e. The van der Waals surface area contributed by atoms with E-state index in [4.69, 9.17) is 9.84 Å². The fraction of sp³-hybridized carbons (Fsp3) is 0.800. The van der Waals surface area contributed by atoms with Gasteiger partial charge < -0.3 is 15.2 Å². The molecule has 0 aromatic rings. The molecule has 1 fully saturated rings. The van der Waals surface area contributed by atoms with Crippen molar-refractivity contribution in [1.29, 1.82) is 0 Å². The molecule has 1 saturated carbocycles. The Kier molecular flexibility index (Phi) is 4.08. The number of hydrogen-bond donors (Lipinski definition) is 2. The highest BCUT2D eigenvalue weighted by atomic mass is 16.5. The number of carbonyl (C=O) groups excluding carboxylic acids is 1. The molecule has 0 radical (unpaired) electrons. The van der Waals surface area contributed by atoms with Crippen LogP contribution in [-0.4, -0.2) is 37.2 Å². The molecule has 15 heavy (non-hydrogen) atoms. The van der Waals surface area contributed by atoms with Gasteiger partial charge >= 0.3 is 5.97 Å². The minimum Gasteiger partial charge on any atom is -0.481 e. The predicted molar refractivity (Wildman–Crippen MR) is 53.4 cm³/mol. The summed E-state index contributed by atoms with van der Waals surface area (Å²) in [5, 5.41) is 11.0. The molecule has 0 unspecified atom stereocenters. The summed E-state index contributed by atoms with van der Waals surface area (Å²) < 4.78 is 4.98. The Morgan fingerprint density at radius 1 is 1.47 bits per heavy atom. The van der Waals surface area contributed by atoms with Crippen molar-refractivity contribution in [2.24, 2.45) is 5.41 Å². The van der Waals surface area contributed by atoms with Crippen LogP contribution in [0.3, 0.4) is 0 Å². The van der Waals surface area contributed by atoms with Gasteiger partial charge in [0.2, 0.25) is 5.91 Å². The van der Waals surface area contributed by atoms with Crippen molar-refractivity contribution < 1.29 is 19.4 Å². The molecule has 0 aromatic heterocycles. The molecule has 0 aliphatic heterocycles. The van der Waals surface area contributed by atoms with E-state index < -0.39 is 18.3 Å². The number of carboxylic acid groups (broad SMARTS) is 1. The molecule has 86 valence electrons. The Morgan fingerprint density at radius 3 is 2.60 bits per heavy atom. The quantitative estimate of drug-likeness (QED) is 0.602. The number of ether oxygens (including phenoxy) is 1. The molecule has 0 atom stereocenters. The van der Waals surface area contributed by atoms with E-state index in [2.05, 4.69) is 5.32 Å². The lowest BCUT2D eigenvalue weighted by Gasteiger charge is -2.14. The number of methoxy groups -OCH3 is 1. The van der Waals surface area contributed by atoms with Crippen LogP contribution in [0.5, 0.6) is 0 Å². The first-order valence-corrected chi connectivity index (χ1v) is 5.05. The molecule has 0 aromatic carbocycles. The van der Waals surface area contributed by atoms with Gasteiger partial charge in [-0.2, -0.15) is 0 Å². The average molecular weight is 215 g/mol. The van der Waals surface area contributed by atoms with Crippen LogP contribution in [0.15, 0.2) is 0 Å². The summed E-state index contributed by atoms with van der Waals surface area (Å²) >= 11 is 0. The van der Waals surface area contributed by atoms with Crippen LogP contribution in [0.1, 0.15) is 25.7 Å². The third-order valence-corrected chi connectivity index (χ3v) is 2.77. The SMILES string of the molecule is COCCC1(CNC(=O)CC(=O)O)CC1. The lowest BCUT2D eigenvalue weighted by atomic mass is 10.0. The van der Waals surface area contributed by atoms with Gasteiger partial charge in [0.15, 0.2) is 0 Å². The second kappa shape index (κ2) is 5.11. The summed E-state index contributed by atoms with van der Waals surface area (Å²) in [5.41, 5.74) is 0.171. The van der Waals surface area contributed by atoms with Crippen molar-refractivity contribution in [3.05, 3.63) is 0 Å². The fourth-order valence-electron chi connectivity index (χ4n) is 1.50. The van der Waals surface area contributed by atoms with Crippen molar-refractivity contribution in [2.45, 2.75) is 25.7 Å². The van der Waals surface area contributed by atoms with Crippen LogP contribution in [0.25, 0.3) is 0 Å². The summed E-state index contributed by atoms with van der Waals surface area (Å²) in [6, 6.07) is 0. The van der Waals surface area contributed by atoms with Gasteiger partial charge in [0.25, 0.3) is 0 Å². The lowest BCUT2D eigenvalue weighted by molar-refractivity contribution is -0.140. The molecular weight excluding hydrogens is 198 g/mol. The zero-order valence-electron chi connectivity index (χ0n) is 8.91. The van der Waals surface area contributed by atoms with Gasteiger partial charge in [0.05, 0.1) is 0 Å². The number of aliphatic carboxylic acids is 1. The standard InChI is InChI=1S/C10H17NO4/c1-15-5-4-10(2-3-10)7-11-8(12)6-9(13)14/h2-7H2,1H3,(H,11,12)(H,13,14). The third kappa shape index (κ3) is 4.29. The van der Waals surface area contributed by atoms with Gasteiger partial charge in [-0.15, -0.1) is 0 Å². The number of carbonyl (C=O) groups is 2. The van der Waals surface area contributed by atoms with Gasteiger partial charge in [0, 0.05) is 20.3 Å². The molecule has 0 bridgehead atoms. The first-order chi connectivity index (χ1) is 7.08. The number of amides is 1. The maximum absolute atomic E-state index is 11.1. The Morgan fingerprint density at radius 2 is 2.13 bits per heavy atom. The zero-order chi connectivity index (χ0) is 11.3. The fourth-order valence-corrected chi connectivity index (χ4v) is 1.50. The number of nitrogens with one attached hydrogen (secondary N) is 1. The highest BCUT2D eigenvalue weighted by Gasteiger charge is 2.42. The van der Waals surface area contributed by atoms with Gasteiger partial charge in [-0.05, 0) is 24.7 Å². The molecule has 1 amide bonds. The monoisotopic (exact) mass is 215 g/mol. The summed E-state index contributed by atoms with van der Waals surface area (Å²) in [6.07, 6.45) is 2.66. The molecule has 1 aliphatic carbocycles. The molecule has 1 aliphatic rings. The van der Waals surface area contributed by atoms with Gasteiger partial charge in [0.1, 0.15) is 6.42 Å². The number of carboxylic acids is 1. The lowest BCUT2D eigenvalue weighted by Crippen LogP contribution is -2.32. The van der Waals surface area contributed by atoms with Crippen LogP contribution in [0.2, 0.25) is 0 Å². The summed E-state index contributed by atoms with van der Waals surface area (Å²) in [7, 11) is 1.65. The van der Waals surface area contributed by atoms with Crippen LogP contribution in [-0.2, 0) is 14.3 Å². The minimum absolute atomic E-state index is 0.171. The second-order valence-electron chi connectivity index (χ2n) is 4.09. The molecule has 5 heteroatoms. The van der Waals surface area contributed by atoms with Crippen LogP contribution in [0.4, 0.5) is 0 Å². The number of hydrogen-bond acceptors (Lipinski definition) is 3. The second-order valence-corrected chi connectivity index (χ2v) is 4.09. The van der Waals surface area contributed by atoms with Crippen molar-refractivity contribution in [2.75, 3.05) is 20.3 Å². The average Bonchev–Trinajstić information content (AvgIpc) is 2.92. The third-order valence-electron chi connectivity index (χ3n) is 2.77. The van der Waals surface area contributed by atoms with Gasteiger partial charge in [-0.1, -0.05) is 0 Å². The van der Waals surface area contributed by atoms with E-state index in [0.29, 0.717) is 13.2 Å². The minimum atomic E-state index is -1.09. The van der Waals surface area contributed by atoms with Crippen molar-refractivity contribution in [1.82, 2.24) is 5.32 Å². The molecule has 1 rings (SSSR count). The molecular formula is C10H17NO4. The van der Waals surface area contributed by atoms with Crippen molar-refractivity contribution in [3.63, 3.8) is 0 Å². The van der Waals surface area contributed by atoms with Crippen molar-refractivity contribution in [3.8, 4) is 0 Å². The van der Waals surface area contributed by atoms with Crippen LogP contribution < -0.4 is 5.32 Å². The highest BCUT2D eigenvalue weighted by Crippen LogP contribution is 2.48. The van der Waals surface area contributed by atoms with E-state index >= 15 is 0 Å². The molecule has 2 N–H and O–H groups in total. The van der Waals surface area contributed by atoms with E-state index in [1.165, 1.54) is 0 Å². The predicted octanol–water partition coefficient (Wildman–Crippen LogP) is 0.394. The summed E-state index contributed by atoms with van der Waals surface area (Å²) in [5.74, 6) is -1.50. The molecule has 5 nitrogen and oxygen atoms in total. The van der Waals surface area contributed by atoms with Crippen LogP contribution in [0, 0.1) is 5.41 Å². The topological polar surface area (TPSA) is 75.6 Å². The Balaban J connectivity index is 2.18. The first-order valence-electron chi connectivity index (χ1n) is 5.05. The Labute approximate surface area is 88.8 Å². The summed E-state index contributed by atoms with van der Waals surface area (Å²) in [6.45, 7) is 1.26. The van der Waals surface area contributed by atoms with E-state index in [-0.39, 0.29) is 5.41 Å². The van der Waals surface area contributed by atoms with E-state index in [1.54, 1.807) is 7.11 Å². The molecule has 0 spiro atoms. The largest absolute Gasteiger partial charge is 0.481 e. The van der Waals surface area contributed by atoms with Crippen molar-refractivity contribution >= 4 is 11.9 Å². The van der Waals surface area contributed by atoms with E-state index in [0.717, 1.165) is 19.3 Å². The van der Waals surface area contributed by atoms with E-state index in [1.807, 2.05) is 0 Å². The molecule has 0 saturated heterocycles. The Hall–Kier alpha value is -1.10. The smallest absolute Gasteiger partial charge is 0.312 e. The summed E-state index contributed by atoms with van der Waals surface area (Å²) in [4.78, 5) is 21.3. The van der Waals surface area contributed by atoms with Crippen LogP contribution >= 0.6 is 0 Å². The Bertz CT molecular complexity index is 248. The highest BCUT2D eigenvalue weighted by molar-refractivity contribution is 5.93. The van der Waals surface area contributed by atoms with Gasteiger partial charge in [-0.25, -0.2) is 0 Å². The molecule has 0 heterocycles. The first kappa shape index (κ1) is 12.0. The zero-order valence-corrected chi connectivity index (χ0v) is 8.91. The number of rotatable bonds is 7. The maximum atomic E-state index is 11.1.